The van der Waals surface area contributed by atoms with Crippen LogP contribution < -0.4 is 4.90 Å². The highest BCUT2D eigenvalue weighted by Crippen LogP contribution is 2.39. The Labute approximate surface area is 180 Å². The van der Waals surface area contributed by atoms with Crippen molar-refractivity contribution in [3.8, 4) is 10.4 Å². The molecule has 1 amide bonds. The smallest absolute Gasteiger partial charge is 0.264 e. The zero-order chi connectivity index (χ0) is 20.7. The zero-order valence-electron chi connectivity index (χ0n) is 17.1. The molecule has 152 valence electrons. The van der Waals surface area contributed by atoms with Gasteiger partial charge in [-0.05, 0) is 66.8 Å². The van der Waals surface area contributed by atoms with Crippen molar-refractivity contribution >= 4 is 28.7 Å². The quantitative estimate of drug-likeness (QED) is 0.582. The van der Waals surface area contributed by atoms with Gasteiger partial charge in [0.25, 0.3) is 5.91 Å². The summed E-state index contributed by atoms with van der Waals surface area (Å²) in [7, 11) is 0. The lowest BCUT2D eigenvalue weighted by Gasteiger charge is -2.36. The van der Waals surface area contributed by atoms with E-state index >= 15 is 0 Å². The van der Waals surface area contributed by atoms with E-state index in [1.54, 1.807) is 18.3 Å². The van der Waals surface area contributed by atoms with Crippen molar-refractivity contribution in [2.45, 2.75) is 19.8 Å². The van der Waals surface area contributed by atoms with Crippen LogP contribution in [-0.2, 0) is 12.8 Å². The van der Waals surface area contributed by atoms with Crippen LogP contribution in [0.5, 0.6) is 0 Å². The van der Waals surface area contributed by atoms with Crippen molar-refractivity contribution in [3.05, 3.63) is 76.2 Å². The second-order valence-electron chi connectivity index (χ2n) is 8.00. The van der Waals surface area contributed by atoms with Gasteiger partial charge in [-0.15, -0.1) is 11.3 Å². The SMILES string of the molecule is CC(=O)c1ccc(N2CCN(C(=O)c3cc4c(s3)-c3ccccc3CC4)CC2)cc1. The largest absolute Gasteiger partial charge is 0.368 e. The van der Waals surface area contributed by atoms with E-state index in [-0.39, 0.29) is 11.7 Å². The van der Waals surface area contributed by atoms with E-state index in [0.717, 1.165) is 42.1 Å². The average Bonchev–Trinajstić information content (AvgIpc) is 3.24. The molecule has 0 spiro atoms. The number of fused-ring (bicyclic) bond motifs is 3. The van der Waals surface area contributed by atoms with Gasteiger partial charge in [-0.2, -0.15) is 0 Å². The summed E-state index contributed by atoms with van der Waals surface area (Å²) in [6.45, 7) is 4.62. The molecule has 1 aromatic heterocycles. The van der Waals surface area contributed by atoms with E-state index in [0.29, 0.717) is 13.1 Å². The molecule has 1 aliphatic carbocycles. The molecule has 2 aromatic carbocycles. The number of carbonyl (C=O) groups is 2. The first-order valence-corrected chi connectivity index (χ1v) is 11.3. The van der Waals surface area contributed by atoms with Gasteiger partial charge in [0.15, 0.2) is 5.78 Å². The zero-order valence-corrected chi connectivity index (χ0v) is 17.9. The molecule has 0 unspecified atom stereocenters. The van der Waals surface area contributed by atoms with Gasteiger partial charge in [-0.1, -0.05) is 24.3 Å². The van der Waals surface area contributed by atoms with Crippen molar-refractivity contribution < 1.29 is 9.59 Å². The molecule has 0 N–H and O–H groups in total. The van der Waals surface area contributed by atoms with Gasteiger partial charge >= 0.3 is 0 Å². The number of piperazine rings is 1. The summed E-state index contributed by atoms with van der Waals surface area (Å²) in [6.07, 6.45) is 2.06. The lowest BCUT2D eigenvalue weighted by Crippen LogP contribution is -2.48. The second-order valence-corrected chi connectivity index (χ2v) is 9.06. The Morgan fingerprint density at radius 2 is 1.57 bits per heavy atom. The minimum absolute atomic E-state index is 0.0817. The number of ketones is 1. The number of carbonyl (C=O) groups excluding carboxylic acids is 2. The molecule has 1 saturated heterocycles. The summed E-state index contributed by atoms with van der Waals surface area (Å²) in [4.78, 5) is 31.0. The number of hydrogen-bond acceptors (Lipinski definition) is 4. The summed E-state index contributed by atoms with van der Waals surface area (Å²) < 4.78 is 0. The van der Waals surface area contributed by atoms with Crippen LogP contribution in [0.25, 0.3) is 10.4 Å². The highest BCUT2D eigenvalue weighted by molar-refractivity contribution is 7.17. The van der Waals surface area contributed by atoms with Crippen molar-refractivity contribution in [3.63, 3.8) is 0 Å². The first kappa shape index (κ1) is 19.1. The number of hydrogen-bond donors (Lipinski definition) is 0. The Morgan fingerprint density at radius 1 is 0.867 bits per heavy atom. The summed E-state index contributed by atoms with van der Waals surface area (Å²) in [6, 6.07) is 18.4. The number of amides is 1. The van der Waals surface area contributed by atoms with Gasteiger partial charge < -0.3 is 9.80 Å². The first-order valence-electron chi connectivity index (χ1n) is 10.5. The molecule has 3 aromatic rings. The van der Waals surface area contributed by atoms with Crippen LogP contribution in [0.15, 0.2) is 54.6 Å². The summed E-state index contributed by atoms with van der Waals surface area (Å²) in [5.41, 5.74) is 5.83. The molecule has 30 heavy (non-hydrogen) atoms. The summed E-state index contributed by atoms with van der Waals surface area (Å²) >= 11 is 1.64. The van der Waals surface area contributed by atoms with E-state index in [9.17, 15) is 9.59 Å². The van der Waals surface area contributed by atoms with Crippen LogP contribution in [0, 0.1) is 0 Å². The Bertz CT molecular complexity index is 1110. The maximum Gasteiger partial charge on any atom is 0.264 e. The van der Waals surface area contributed by atoms with E-state index in [4.69, 9.17) is 0 Å². The van der Waals surface area contributed by atoms with Crippen LogP contribution in [0.2, 0.25) is 0 Å². The van der Waals surface area contributed by atoms with E-state index < -0.39 is 0 Å². The summed E-state index contributed by atoms with van der Waals surface area (Å²) in [5.74, 6) is 0.233. The molecule has 0 saturated carbocycles. The molecule has 0 radical (unpaired) electrons. The minimum Gasteiger partial charge on any atom is -0.368 e. The van der Waals surface area contributed by atoms with Gasteiger partial charge in [0, 0.05) is 42.3 Å². The topological polar surface area (TPSA) is 40.6 Å². The van der Waals surface area contributed by atoms with Crippen molar-refractivity contribution in [2.24, 2.45) is 0 Å². The van der Waals surface area contributed by atoms with Gasteiger partial charge in [-0.25, -0.2) is 0 Å². The Kier molecular flexibility index (Phi) is 4.91. The molecule has 5 rings (SSSR count). The van der Waals surface area contributed by atoms with Gasteiger partial charge in [0.2, 0.25) is 0 Å². The van der Waals surface area contributed by atoms with Crippen molar-refractivity contribution in [1.82, 2.24) is 4.90 Å². The van der Waals surface area contributed by atoms with E-state index in [1.807, 2.05) is 29.2 Å². The molecule has 1 fully saturated rings. The highest BCUT2D eigenvalue weighted by atomic mass is 32.1. The number of thiophene rings is 1. The molecular formula is C25H24N2O2S. The van der Waals surface area contributed by atoms with Gasteiger partial charge in [0.1, 0.15) is 0 Å². The van der Waals surface area contributed by atoms with Crippen LogP contribution in [-0.4, -0.2) is 42.8 Å². The normalized spacial score (nSPS) is 15.5. The Hall–Kier alpha value is -2.92. The molecule has 2 heterocycles. The fraction of sp³-hybridized carbons (Fsp3) is 0.280. The Morgan fingerprint density at radius 3 is 2.30 bits per heavy atom. The van der Waals surface area contributed by atoms with Gasteiger partial charge in [-0.3, -0.25) is 9.59 Å². The molecular weight excluding hydrogens is 392 g/mol. The lowest BCUT2D eigenvalue weighted by molar-refractivity contribution is 0.0751. The standard InChI is InChI=1S/C25H24N2O2S/c1-17(28)18-8-10-21(11-9-18)26-12-14-27(15-13-26)25(29)23-16-20-7-6-19-4-2-3-5-22(19)24(20)30-23/h2-5,8-11,16H,6-7,12-15H2,1H3. The number of anilines is 1. The molecule has 0 bridgehead atoms. The Balaban J connectivity index is 1.28. The first-order chi connectivity index (χ1) is 14.6. The molecule has 2 aliphatic rings. The van der Waals surface area contributed by atoms with E-state index in [1.165, 1.54) is 21.6 Å². The second kappa shape index (κ2) is 7.73. The van der Waals surface area contributed by atoms with Crippen LogP contribution in [0.1, 0.15) is 38.1 Å². The number of rotatable bonds is 3. The predicted octanol–water partition coefficient (Wildman–Crippen LogP) is 4.68. The third-order valence-electron chi connectivity index (χ3n) is 6.15. The molecule has 5 heteroatoms. The van der Waals surface area contributed by atoms with Crippen molar-refractivity contribution in [1.29, 1.82) is 0 Å². The van der Waals surface area contributed by atoms with Crippen molar-refractivity contribution in [2.75, 3.05) is 31.1 Å². The minimum atomic E-state index is 0.0817. The summed E-state index contributed by atoms with van der Waals surface area (Å²) in [5, 5.41) is 0. The van der Waals surface area contributed by atoms with Crippen LogP contribution in [0.3, 0.4) is 0 Å². The third-order valence-corrected chi connectivity index (χ3v) is 7.35. The van der Waals surface area contributed by atoms with Gasteiger partial charge in [0.05, 0.1) is 4.88 Å². The molecule has 1 aliphatic heterocycles. The lowest BCUT2D eigenvalue weighted by atomic mass is 9.91. The number of benzene rings is 2. The fourth-order valence-corrected chi connectivity index (χ4v) is 5.65. The van der Waals surface area contributed by atoms with Crippen LogP contribution in [0.4, 0.5) is 5.69 Å². The maximum atomic E-state index is 13.2. The molecule has 0 atom stereocenters. The number of Topliss-reactive ketones (excluding diaryl/α,β-unsaturated/α-hetero) is 1. The van der Waals surface area contributed by atoms with Crippen LogP contribution >= 0.6 is 11.3 Å². The maximum absolute atomic E-state index is 13.2. The average molecular weight is 417 g/mol. The number of nitrogens with zero attached hydrogens (tertiary/aromatic N) is 2. The van der Waals surface area contributed by atoms with E-state index in [2.05, 4.69) is 35.2 Å². The third kappa shape index (κ3) is 3.43. The number of aryl methyl sites for hydroxylation is 2. The predicted molar refractivity (Wildman–Crippen MR) is 122 cm³/mol. The monoisotopic (exact) mass is 416 g/mol. The highest BCUT2D eigenvalue weighted by Gasteiger charge is 2.26. The fourth-order valence-electron chi connectivity index (χ4n) is 4.41. The molecule has 4 nitrogen and oxygen atoms in total.